The number of hydrogen-bond donors (Lipinski definition) is 1. The molecule has 2 aromatic carbocycles. The van der Waals surface area contributed by atoms with E-state index >= 15 is 0 Å². The van der Waals surface area contributed by atoms with Crippen LogP contribution >= 0.6 is 35.7 Å². The van der Waals surface area contributed by atoms with Gasteiger partial charge in [0.2, 0.25) is 5.75 Å². The number of guanidine groups is 1. The second kappa shape index (κ2) is 12.9. The third kappa shape index (κ3) is 6.83. The van der Waals surface area contributed by atoms with Crippen LogP contribution in [0.25, 0.3) is 0 Å². The first-order valence-electron chi connectivity index (χ1n) is 10.1. The van der Waals surface area contributed by atoms with Crippen molar-refractivity contribution >= 4 is 41.7 Å². The van der Waals surface area contributed by atoms with Gasteiger partial charge in [-0.2, -0.15) is 0 Å². The quantitative estimate of drug-likeness (QED) is 0.223. The molecule has 2 aromatic rings. The van der Waals surface area contributed by atoms with E-state index in [0.29, 0.717) is 29.7 Å². The lowest BCUT2D eigenvalue weighted by molar-refractivity contribution is 0.323. The normalized spacial score (nSPS) is 15.9. The lowest BCUT2D eigenvalue weighted by atomic mass is 10.1. The van der Waals surface area contributed by atoms with Crippen LogP contribution in [-0.2, 0) is 6.54 Å². The minimum Gasteiger partial charge on any atom is -0.493 e. The highest BCUT2D eigenvalue weighted by molar-refractivity contribution is 14.0. The number of likely N-dealkylation sites (tertiary alicyclic amines) is 1. The largest absolute Gasteiger partial charge is 0.493 e. The van der Waals surface area contributed by atoms with Gasteiger partial charge in [0.1, 0.15) is 0 Å². The molecule has 1 atom stereocenters. The summed E-state index contributed by atoms with van der Waals surface area (Å²) in [6, 6.07) is 14.5. The molecule has 1 unspecified atom stereocenters. The first-order valence-corrected chi connectivity index (χ1v) is 11.1. The summed E-state index contributed by atoms with van der Waals surface area (Å²) in [7, 11) is 6.71. The Labute approximate surface area is 206 Å². The molecule has 0 aliphatic carbocycles. The molecule has 1 N–H and O–H groups in total. The third-order valence-corrected chi connectivity index (χ3v) is 6.44. The summed E-state index contributed by atoms with van der Waals surface area (Å²) in [4.78, 5) is 8.17. The average Bonchev–Trinajstić information content (AvgIpc) is 3.26. The van der Waals surface area contributed by atoms with Crippen LogP contribution in [0.3, 0.4) is 0 Å². The van der Waals surface area contributed by atoms with Crippen molar-refractivity contribution in [2.45, 2.75) is 17.9 Å². The smallest absolute Gasteiger partial charge is 0.203 e. The van der Waals surface area contributed by atoms with Crippen LogP contribution in [0.1, 0.15) is 12.0 Å². The Morgan fingerprint density at radius 1 is 1.10 bits per heavy atom. The zero-order valence-corrected chi connectivity index (χ0v) is 21.7. The molecule has 31 heavy (non-hydrogen) atoms. The highest BCUT2D eigenvalue weighted by Gasteiger charge is 2.25. The number of thioether (sulfide) groups is 1. The molecule has 0 aromatic heterocycles. The Bertz CT molecular complexity index is 826. The van der Waals surface area contributed by atoms with Crippen molar-refractivity contribution in [2.75, 3.05) is 47.2 Å². The topological polar surface area (TPSA) is 55.3 Å². The van der Waals surface area contributed by atoms with Crippen LogP contribution in [-0.4, -0.2) is 58.1 Å². The SMILES string of the molecule is CN=C(NCc1cc(OC)c(OC)c(OC)c1)N1CCC(CSc2ccccc2)C1.I. The van der Waals surface area contributed by atoms with Gasteiger partial charge >= 0.3 is 0 Å². The highest BCUT2D eigenvalue weighted by Crippen LogP contribution is 2.38. The van der Waals surface area contributed by atoms with Gasteiger partial charge in [0.15, 0.2) is 17.5 Å². The zero-order valence-electron chi connectivity index (χ0n) is 18.6. The van der Waals surface area contributed by atoms with E-state index in [1.54, 1.807) is 21.3 Å². The van der Waals surface area contributed by atoms with Gasteiger partial charge in [0, 0.05) is 37.3 Å². The Morgan fingerprint density at radius 2 is 1.77 bits per heavy atom. The first-order chi connectivity index (χ1) is 14.7. The number of ether oxygens (including phenoxy) is 3. The summed E-state index contributed by atoms with van der Waals surface area (Å²) in [5.41, 5.74) is 1.04. The van der Waals surface area contributed by atoms with Gasteiger partial charge in [-0.05, 0) is 42.2 Å². The molecule has 1 saturated heterocycles. The molecule has 0 saturated carbocycles. The predicted octanol–water partition coefficient (Wildman–Crippen LogP) is 4.52. The minimum absolute atomic E-state index is 0. The maximum atomic E-state index is 5.45. The van der Waals surface area contributed by atoms with Gasteiger partial charge in [0.05, 0.1) is 21.3 Å². The molecule has 1 aliphatic heterocycles. The molecule has 6 nitrogen and oxygen atoms in total. The number of nitrogens with zero attached hydrogens (tertiary/aromatic N) is 2. The molecule has 3 rings (SSSR count). The number of methoxy groups -OCH3 is 3. The number of halogens is 1. The number of benzene rings is 2. The van der Waals surface area contributed by atoms with Gasteiger partial charge in [-0.15, -0.1) is 35.7 Å². The van der Waals surface area contributed by atoms with Crippen molar-refractivity contribution in [1.29, 1.82) is 0 Å². The fourth-order valence-electron chi connectivity index (χ4n) is 3.64. The monoisotopic (exact) mass is 557 g/mol. The maximum Gasteiger partial charge on any atom is 0.203 e. The van der Waals surface area contributed by atoms with E-state index in [4.69, 9.17) is 14.2 Å². The lowest BCUT2D eigenvalue weighted by Gasteiger charge is -2.22. The van der Waals surface area contributed by atoms with Crippen LogP contribution in [0.5, 0.6) is 17.2 Å². The lowest BCUT2D eigenvalue weighted by Crippen LogP contribution is -2.39. The average molecular weight is 557 g/mol. The van der Waals surface area contributed by atoms with Crippen molar-refractivity contribution in [3.8, 4) is 17.2 Å². The van der Waals surface area contributed by atoms with Crippen LogP contribution in [0.2, 0.25) is 0 Å². The van der Waals surface area contributed by atoms with Gasteiger partial charge in [-0.1, -0.05) is 18.2 Å². The zero-order chi connectivity index (χ0) is 21.3. The standard InChI is InChI=1S/C23H31N3O3S.HI/c1-24-23(25-14-18-12-20(27-2)22(29-4)21(13-18)28-3)26-11-10-17(15-26)16-30-19-8-6-5-7-9-19;/h5-9,12-13,17H,10-11,14-16H2,1-4H3,(H,24,25);1H. The molecule has 0 spiro atoms. The first kappa shape index (κ1) is 25.5. The van der Waals surface area contributed by atoms with Crippen LogP contribution < -0.4 is 19.5 Å². The summed E-state index contributed by atoms with van der Waals surface area (Å²) >= 11 is 1.93. The second-order valence-corrected chi connectivity index (χ2v) is 8.25. The van der Waals surface area contributed by atoms with Crippen molar-refractivity contribution in [2.24, 2.45) is 10.9 Å². The van der Waals surface area contributed by atoms with E-state index in [1.165, 1.54) is 11.3 Å². The molecule has 170 valence electrons. The Morgan fingerprint density at radius 3 is 2.35 bits per heavy atom. The fourth-order valence-corrected chi connectivity index (χ4v) is 4.69. The third-order valence-electron chi connectivity index (χ3n) is 5.20. The summed E-state index contributed by atoms with van der Waals surface area (Å²) in [6.07, 6.45) is 1.19. The maximum absolute atomic E-state index is 5.45. The molecule has 0 bridgehead atoms. The van der Waals surface area contributed by atoms with Crippen LogP contribution in [0.4, 0.5) is 0 Å². The fraction of sp³-hybridized carbons (Fsp3) is 0.435. The Balaban J connectivity index is 0.00000341. The van der Waals surface area contributed by atoms with E-state index in [9.17, 15) is 0 Å². The van der Waals surface area contributed by atoms with E-state index in [1.807, 2.05) is 30.9 Å². The molecule has 0 radical (unpaired) electrons. The summed E-state index contributed by atoms with van der Waals surface area (Å²) in [6.45, 7) is 2.67. The highest BCUT2D eigenvalue weighted by atomic mass is 127. The van der Waals surface area contributed by atoms with Crippen LogP contribution in [0, 0.1) is 5.92 Å². The van der Waals surface area contributed by atoms with E-state index in [2.05, 4.69) is 45.5 Å². The summed E-state index contributed by atoms with van der Waals surface area (Å²) < 4.78 is 16.3. The Kier molecular flexibility index (Phi) is 10.6. The number of rotatable bonds is 8. The second-order valence-electron chi connectivity index (χ2n) is 7.16. The molecule has 1 aliphatic rings. The van der Waals surface area contributed by atoms with E-state index in [0.717, 1.165) is 30.4 Å². The molecule has 1 heterocycles. The van der Waals surface area contributed by atoms with Gasteiger partial charge in [-0.25, -0.2) is 0 Å². The molecule has 1 fully saturated rings. The van der Waals surface area contributed by atoms with E-state index < -0.39 is 0 Å². The van der Waals surface area contributed by atoms with Gasteiger partial charge in [-0.3, -0.25) is 4.99 Å². The van der Waals surface area contributed by atoms with Gasteiger partial charge in [0.25, 0.3) is 0 Å². The minimum atomic E-state index is 0. The van der Waals surface area contributed by atoms with Crippen molar-refractivity contribution < 1.29 is 14.2 Å². The number of nitrogens with one attached hydrogen (secondary N) is 1. The molecule has 0 amide bonds. The Hall–Kier alpha value is -1.81. The molecule has 8 heteroatoms. The number of hydrogen-bond acceptors (Lipinski definition) is 5. The van der Waals surface area contributed by atoms with Crippen molar-refractivity contribution in [3.05, 3.63) is 48.0 Å². The van der Waals surface area contributed by atoms with E-state index in [-0.39, 0.29) is 24.0 Å². The summed E-state index contributed by atoms with van der Waals surface area (Å²) in [5.74, 6) is 4.63. The number of aliphatic imine (C=N–C) groups is 1. The molecular formula is C23H32IN3O3S. The molecular weight excluding hydrogens is 525 g/mol. The van der Waals surface area contributed by atoms with Gasteiger partial charge < -0.3 is 24.4 Å². The van der Waals surface area contributed by atoms with Crippen LogP contribution in [0.15, 0.2) is 52.4 Å². The van der Waals surface area contributed by atoms with Crippen molar-refractivity contribution in [3.63, 3.8) is 0 Å². The summed E-state index contributed by atoms with van der Waals surface area (Å²) in [5, 5.41) is 3.48. The predicted molar refractivity (Wildman–Crippen MR) is 139 cm³/mol. The van der Waals surface area contributed by atoms with Crippen molar-refractivity contribution in [1.82, 2.24) is 10.2 Å².